The first kappa shape index (κ1) is 15.0. The minimum absolute atomic E-state index is 0.0204. The van der Waals surface area contributed by atoms with Crippen LogP contribution in [-0.2, 0) is 5.75 Å². The van der Waals surface area contributed by atoms with Crippen molar-refractivity contribution < 1.29 is 4.92 Å². The minimum atomic E-state index is -0.444. The Morgan fingerprint density at radius 1 is 1.20 bits per heavy atom. The highest BCUT2D eigenvalue weighted by Gasteiger charge is 2.10. The van der Waals surface area contributed by atoms with E-state index in [-0.39, 0.29) is 5.69 Å². The number of benzene rings is 2. The fraction of sp³-hybridized carbons (Fsp3) is 0.0769. The van der Waals surface area contributed by atoms with Gasteiger partial charge in [0.05, 0.1) is 9.95 Å². The zero-order valence-electron chi connectivity index (χ0n) is 10.2. The Bertz CT molecular complexity index is 665. The average Bonchev–Trinajstić information content (AvgIpc) is 2.41. The third kappa shape index (κ3) is 3.56. The molecule has 20 heavy (non-hydrogen) atoms. The van der Waals surface area contributed by atoms with Crippen LogP contribution in [0.3, 0.4) is 0 Å². The molecule has 2 N–H and O–H groups in total. The van der Waals surface area contributed by atoms with E-state index in [1.54, 1.807) is 18.2 Å². The van der Waals surface area contributed by atoms with Crippen molar-refractivity contribution >= 4 is 46.3 Å². The lowest BCUT2D eigenvalue weighted by Gasteiger charge is -2.07. The molecule has 0 atom stereocenters. The van der Waals surface area contributed by atoms with Crippen LogP contribution in [0.2, 0.25) is 10.0 Å². The molecule has 4 nitrogen and oxygen atoms in total. The Morgan fingerprint density at radius 3 is 2.65 bits per heavy atom. The highest BCUT2D eigenvalue weighted by molar-refractivity contribution is 7.98. The van der Waals surface area contributed by atoms with Gasteiger partial charge in [-0.1, -0.05) is 23.2 Å². The Kier molecular flexibility index (Phi) is 4.75. The van der Waals surface area contributed by atoms with Crippen LogP contribution in [0, 0.1) is 10.1 Å². The topological polar surface area (TPSA) is 69.2 Å². The van der Waals surface area contributed by atoms with Gasteiger partial charge in [0.15, 0.2) is 0 Å². The molecule has 0 saturated heterocycles. The Balaban J connectivity index is 2.20. The van der Waals surface area contributed by atoms with E-state index < -0.39 is 4.92 Å². The number of nitrogen functional groups attached to an aromatic ring is 1. The molecule has 0 aliphatic rings. The zero-order chi connectivity index (χ0) is 14.7. The lowest BCUT2D eigenvalue weighted by molar-refractivity contribution is -0.384. The van der Waals surface area contributed by atoms with Gasteiger partial charge < -0.3 is 5.73 Å². The molecule has 0 bridgehead atoms. The maximum Gasteiger partial charge on any atom is 0.269 e. The van der Waals surface area contributed by atoms with Crippen LogP contribution in [0.15, 0.2) is 41.3 Å². The number of non-ortho nitro benzene ring substituents is 1. The highest BCUT2D eigenvalue weighted by atomic mass is 35.5. The van der Waals surface area contributed by atoms with Crippen LogP contribution in [0.25, 0.3) is 0 Å². The summed E-state index contributed by atoms with van der Waals surface area (Å²) in [5.41, 5.74) is 7.06. The third-order valence-corrected chi connectivity index (χ3v) is 4.39. The predicted octanol–water partition coefficient (Wildman–Crippen LogP) is 4.78. The fourth-order valence-corrected chi connectivity index (χ4v) is 3.07. The molecular weight excluding hydrogens is 319 g/mol. The third-order valence-electron chi connectivity index (χ3n) is 2.61. The molecule has 2 rings (SSSR count). The number of nitro groups is 1. The van der Waals surface area contributed by atoms with Crippen molar-refractivity contribution in [2.75, 3.05) is 5.73 Å². The van der Waals surface area contributed by atoms with Crippen LogP contribution in [0.1, 0.15) is 5.56 Å². The summed E-state index contributed by atoms with van der Waals surface area (Å²) in [5.74, 6) is 0.480. The van der Waals surface area contributed by atoms with E-state index in [2.05, 4.69) is 0 Å². The normalized spacial score (nSPS) is 10.5. The molecule has 104 valence electrons. The predicted molar refractivity (Wildman–Crippen MR) is 83.5 cm³/mol. The number of rotatable bonds is 4. The first-order chi connectivity index (χ1) is 9.47. The first-order valence-corrected chi connectivity index (χ1v) is 7.32. The number of anilines is 1. The number of nitrogens with zero attached hydrogens (tertiary/aromatic N) is 1. The quantitative estimate of drug-likeness (QED) is 0.379. The van der Waals surface area contributed by atoms with Gasteiger partial charge in [-0.25, -0.2) is 0 Å². The second-order valence-corrected chi connectivity index (χ2v) is 5.86. The first-order valence-electron chi connectivity index (χ1n) is 5.58. The van der Waals surface area contributed by atoms with Crippen molar-refractivity contribution in [3.8, 4) is 0 Å². The average molecular weight is 329 g/mol. The van der Waals surface area contributed by atoms with Crippen molar-refractivity contribution in [2.24, 2.45) is 0 Å². The molecule has 0 fully saturated rings. The van der Waals surface area contributed by atoms with Crippen LogP contribution in [0.5, 0.6) is 0 Å². The van der Waals surface area contributed by atoms with Crippen molar-refractivity contribution in [3.63, 3.8) is 0 Å². The summed E-state index contributed by atoms with van der Waals surface area (Å²) >= 11 is 13.4. The summed E-state index contributed by atoms with van der Waals surface area (Å²) in [6, 6.07) is 9.56. The largest absolute Gasteiger partial charge is 0.398 e. The van der Waals surface area contributed by atoms with Gasteiger partial charge >= 0.3 is 0 Å². The van der Waals surface area contributed by atoms with E-state index in [1.807, 2.05) is 0 Å². The molecule has 0 radical (unpaired) electrons. The standard InChI is InChI=1S/C13H10Cl2N2O2S/c14-9-1-3-11(15)13(6-9)20-7-8-5-10(17(18)19)2-4-12(8)16/h1-6H,7,16H2. The van der Waals surface area contributed by atoms with E-state index in [0.29, 0.717) is 27.0 Å². The molecule has 0 amide bonds. The van der Waals surface area contributed by atoms with Gasteiger partial charge in [0.2, 0.25) is 0 Å². The molecule has 0 saturated carbocycles. The van der Waals surface area contributed by atoms with Crippen molar-refractivity contribution in [1.82, 2.24) is 0 Å². The summed E-state index contributed by atoms with van der Waals surface area (Å²) < 4.78 is 0. The van der Waals surface area contributed by atoms with E-state index >= 15 is 0 Å². The molecular formula is C13H10Cl2N2O2S. The lowest BCUT2D eigenvalue weighted by atomic mass is 10.2. The number of nitrogens with two attached hydrogens (primary N) is 1. The van der Waals surface area contributed by atoms with Crippen LogP contribution in [-0.4, -0.2) is 4.92 Å². The fourth-order valence-electron chi connectivity index (χ4n) is 1.57. The molecule has 0 heterocycles. The van der Waals surface area contributed by atoms with E-state index in [9.17, 15) is 10.1 Å². The number of thioether (sulfide) groups is 1. The highest BCUT2D eigenvalue weighted by Crippen LogP contribution is 2.33. The van der Waals surface area contributed by atoms with Crippen LogP contribution < -0.4 is 5.73 Å². The van der Waals surface area contributed by atoms with Crippen molar-refractivity contribution in [1.29, 1.82) is 0 Å². The van der Waals surface area contributed by atoms with Gasteiger partial charge in [0.25, 0.3) is 5.69 Å². The van der Waals surface area contributed by atoms with Gasteiger partial charge in [-0.05, 0) is 29.8 Å². The summed E-state index contributed by atoms with van der Waals surface area (Å²) in [7, 11) is 0. The van der Waals surface area contributed by atoms with Gasteiger partial charge in [-0.2, -0.15) is 0 Å². The zero-order valence-corrected chi connectivity index (χ0v) is 12.5. The number of hydrogen-bond donors (Lipinski definition) is 1. The van der Waals surface area contributed by atoms with Crippen LogP contribution in [0.4, 0.5) is 11.4 Å². The van der Waals surface area contributed by atoms with E-state index in [0.717, 1.165) is 4.90 Å². The molecule has 2 aromatic carbocycles. The van der Waals surface area contributed by atoms with Gasteiger partial charge in [0.1, 0.15) is 0 Å². The lowest BCUT2D eigenvalue weighted by Crippen LogP contribution is -1.95. The van der Waals surface area contributed by atoms with Gasteiger partial charge in [-0.15, -0.1) is 11.8 Å². The SMILES string of the molecule is Nc1ccc([N+](=O)[O-])cc1CSc1cc(Cl)ccc1Cl. The van der Waals surface area contributed by atoms with Gasteiger partial charge in [-0.3, -0.25) is 10.1 Å². The molecule has 2 aromatic rings. The Hall–Kier alpha value is -1.43. The van der Waals surface area contributed by atoms with E-state index in [1.165, 1.54) is 30.0 Å². The molecule has 0 aromatic heterocycles. The van der Waals surface area contributed by atoms with Crippen molar-refractivity contribution in [3.05, 3.63) is 62.1 Å². The van der Waals surface area contributed by atoms with Crippen molar-refractivity contribution in [2.45, 2.75) is 10.6 Å². The summed E-state index contributed by atoms with van der Waals surface area (Å²) in [4.78, 5) is 11.1. The summed E-state index contributed by atoms with van der Waals surface area (Å²) in [5, 5.41) is 11.9. The maximum absolute atomic E-state index is 10.8. The number of nitro benzene ring substituents is 1. The summed E-state index contributed by atoms with van der Waals surface area (Å²) in [6.07, 6.45) is 0. The van der Waals surface area contributed by atoms with E-state index in [4.69, 9.17) is 28.9 Å². The number of halogens is 2. The second kappa shape index (κ2) is 6.35. The Morgan fingerprint density at radius 2 is 1.95 bits per heavy atom. The molecule has 0 spiro atoms. The summed E-state index contributed by atoms with van der Waals surface area (Å²) in [6.45, 7) is 0. The monoisotopic (exact) mass is 328 g/mol. The number of hydrogen-bond acceptors (Lipinski definition) is 4. The molecule has 0 aliphatic heterocycles. The maximum atomic E-state index is 10.8. The Labute approximate surface area is 130 Å². The molecule has 7 heteroatoms. The minimum Gasteiger partial charge on any atom is -0.398 e. The van der Waals surface area contributed by atoms with Gasteiger partial charge in [0, 0.05) is 33.5 Å². The van der Waals surface area contributed by atoms with Crippen LogP contribution >= 0.6 is 35.0 Å². The molecule has 0 unspecified atom stereocenters. The second-order valence-electron chi connectivity index (χ2n) is 4.00. The molecule has 0 aliphatic carbocycles. The smallest absolute Gasteiger partial charge is 0.269 e.